The second-order valence-corrected chi connectivity index (χ2v) is 9.13. The van der Waals surface area contributed by atoms with Crippen LogP contribution in [0, 0.1) is 6.92 Å². The van der Waals surface area contributed by atoms with Crippen LogP contribution in [0.2, 0.25) is 10.0 Å². The molecule has 0 radical (unpaired) electrons. The topological polar surface area (TPSA) is 118 Å². The molecule has 0 bridgehead atoms. The highest BCUT2D eigenvalue weighted by Crippen LogP contribution is 2.32. The highest BCUT2D eigenvalue weighted by molar-refractivity contribution is 6.38. The summed E-state index contributed by atoms with van der Waals surface area (Å²) in [6.07, 6.45) is 3.29. The molecule has 0 saturated heterocycles. The number of nitrogens with one attached hydrogen (secondary N) is 3. The molecule has 11 heteroatoms. The Morgan fingerprint density at radius 3 is 2.45 bits per heavy atom. The van der Waals surface area contributed by atoms with Crippen LogP contribution in [-0.2, 0) is 6.54 Å². The van der Waals surface area contributed by atoms with E-state index in [9.17, 15) is 9.59 Å². The van der Waals surface area contributed by atoms with E-state index in [1.54, 1.807) is 30.6 Å². The number of halogens is 2. The number of rotatable bonds is 7. The molecule has 5 aromatic rings. The van der Waals surface area contributed by atoms with Crippen LogP contribution in [-0.4, -0.2) is 36.5 Å². The number of imidazole rings is 1. The predicted octanol–water partition coefficient (Wildman–Crippen LogP) is 5.45. The lowest BCUT2D eigenvalue weighted by Crippen LogP contribution is -2.23. The highest BCUT2D eigenvalue weighted by Gasteiger charge is 2.21. The average molecular weight is 546 g/mol. The van der Waals surface area contributed by atoms with Crippen LogP contribution in [0.3, 0.4) is 0 Å². The Labute approximate surface area is 227 Å². The van der Waals surface area contributed by atoms with Crippen molar-refractivity contribution in [1.29, 1.82) is 0 Å². The molecule has 0 fully saturated rings. The van der Waals surface area contributed by atoms with Crippen molar-refractivity contribution in [3.8, 4) is 16.9 Å². The molecule has 5 rings (SSSR count). The van der Waals surface area contributed by atoms with Gasteiger partial charge in [-0.25, -0.2) is 9.67 Å². The minimum absolute atomic E-state index is 0.122. The maximum Gasteiger partial charge on any atom is 0.272 e. The van der Waals surface area contributed by atoms with Crippen LogP contribution in [0.15, 0.2) is 79.1 Å². The monoisotopic (exact) mass is 545 g/mol. The summed E-state index contributed by atoms with van der Waals surface area (Å²) in [6, 6.07) is 19.1. The first-order chi connectivity index (χ1) is 18.4. The Balaban J connectivity index is 1.45. The van der Waals surface area contributed by atoms with Gasteiger partial charge in [-0.2, -0.15) is 5.10 Å². The maximum absolute atomic E-state index is 13.4. The first-order valence-electron chi connectivity index (χ1n) is 11.5. The number of nitrogens with zero attached hydrogens (tertiary/aromatic N) is 4. The summed E-state index contributed by atoms with van der Waals surface area (Å²) >= 11 is 12.8. The van der Waals surface area contributed by atoms with Gasteiger partial charge in [-0.3, -0.25) is 14.6 Å². The summed E-state index contributed by atoms with van der Waals surface area (Å²) in [4.78, 5) is 37.8. The molecule has 2 amide bonds. The van der Waals surface area contributed by atoms with Gasteiger partial charge in [-0.05, 0) is 43.3 Å². The van der Waals surface area contributed by atoms with Gasteiger partial charge in [0.2, 0.25) is 0 Å². The molecular weight excluding hydrogens is 525 g/mol. The fourth-order valence-corrected chi connectivity index (χ4v) is 4.37. The Bertz CT molecular complexity index is 1620. The number of carbonyl (C=O) groups excluding carboxylic acids is 2. The van der Waals surface area contributed by atoms with Crippen LogP contribution in [0.4, 0.5) is 5.82 Å². The lowest BCUT2D eigenvalue weighted by molar-refractivity contribution is 0.0944. The van der Waals surface area contributed by atoms with Crippen molar-refractivity contribution in [2.24, 2.45) is 0 Å². The number of aromatic nitrogens is 5. The summed E-state index contributed by atoms with van der Waals surface area (Å²) < 4.78 is 1.48. The van der Waals surface area contributed by atoms with Gasteiger partial charge in [0, 0.05) is 17.8 Å². The zero-order chi connectivity index (χ0) is 26.6. The van der Waals surface area contributed by atoms with Crippen LogP contribution in [0.25, 0.3) is 16.9 Å². The third-order valence-corrected chi connectivity index (χ3v) is 6.25. The van der Waals surface area contributed by atoms with Crippen LogP contribution < -0.4 is 10.6 Å². The molecule has 3 N–H and O–H groups in total. The fraction of sp³-hybridized carbons (Fsp3) is 0.0741. The third-order valence-electron chi connectivity index (χ3n) is 5.62. The molecule has 190 valence electrons. The van der Waals surface area contributed by atoms with E-state index < -0.39 is 11.8 Å². The second-order valence-electron chi connectivity index (χ2n) is 8.32. The van der Waals surface area contributed by atoms with Gasteiger partial charge in [0.05, 0.1) is 45.4 Å². The smallest absolute Gasteiger partial charge is 0.272 e. The zero-order valence-electron chi connectivity index (χ0n) is 20.1. The lowest BCUT2D eigenvalue weighted by Gasteiger charge is -2.12. The molecule has 0 saturated carbocycles. The van der Waals surface area contributed by atoms with E-state index in [-0.39, 0.29) is 28.6 Å². The number of amides is 2. The van der Waals surface area contributed by atoms with Gasteiger partial charge in [0.25, 0.3) is 11.8 Å². The summed E-state index contributed by atoms with van der Waals surface area (Å²) in [6.45, 7) is 2.07. The summed E-state index contributed by atoms with van der Waals surface area (Å²) in [5.74, 6) is 0.124. The number of pyridine rings is 1. The van der Waals surface area contributed by atoms with Gasteiger partial charge in [-0.1, -0.05) is 47.5 Å². The number of anilines is 1. The van der Waals surface area contributed by atoms with Crippen molar-refractivity contribution in [1.82, 2.24) is 30.0 Å². The van der Waals surface area contributed by atoms with E-state index in [4.69, 9.17) is 23.2 Å². The third kappa shape index (κ3) is 5.44. The molecule has 9 nitrogen and oxygen atoms in total. The number of hydrogen-bond acceptors (Lipinski definition) is 5. The van der Waals surface area contributed by atoms with Crippen molar-refractivity contribution in [3.63, 3.8) is 0 Å². The number of aryl methyl sites for hydroxylation is 1. The molecule has 0 spiro atoms. The number of carbonyl (C=O) groups is 2. The molecule has 0 atom stereocenters. The zero-order valence-corrected chi connectivity index (χ0v) is 21.6. The molecule has 0 aliphatic carbocycles. The first-order valence-corrected chi connectivity index (χ1v) is 12.3. The van der Waals surface area contributed by atoms with E-state index in [1.165, 1.54) is 16.8 Å². The van der Waals surface area contributed by atoms with Gasteiger partial charge in [0.15, 0.2) is 5.69 Å². The summed E-state index contributed by atoms with van der Waals surface area (Å²) in [5.41, 5.74) is 2.89. The summed E-state index contributed by atoms with van der Waals surface area (Å²) in [5, 5.41) is 10.6. The van der Waals surface area contributed by atoms with E-state index in [2.05, 4.69) is 30.7 Å². The lowest BCUT2D eigenvalue weighted by atomic mass is 10.1. The quantitative estimate of drug-likeness (QED) is 0.251. The maximum atomic E-state index is 13.4. The van der Waals surface area contributed by atoms with Crippen molar-refractivity contribution in [3.05, 3.63) is 112 Å². The SMILES string of the molecule is Cc1ncc(CNC(=O)c2cc(NC(=O)c3cc(-c4ccccn4)c(Cl)cc3Cl)n(-c3ccccc3)n2)[nH]1. The van der Waals surface area contributed by atoms with E-state index in [1.807, 2.05) is 43.3 Å². The van der Waals surface area contributed by atoms with E-state index in [0.717, 1.165) is 11.5 Å². The molecule has 3 aromatic heterocycles. The number of hydrogen-bond donors (Lipinski definition) is 3. The Morgan fingerprint density at radius 2 is 1.74 bits per heavy atom. The average Bonchev–Trinajstić information content (AvgIpc) is 3.54. The molecular formula is C27H21Cl2N7O2. The molecule has 0 aliphatic heterocycles. The predicted molar refractivity (Wildman–Crippen MR) is 146 cm³/mol. The highest BCUT2D eigenvalue weighted by atomic mass is 35.5. The molecule has 38 heavy (non-hydrogen) atoms. The van der Waals surface area contributed by atoms with E-state index >= 15 is 0 Å². The molecule has 0 unspecified atom stereocenters. The molecule has 2 aromatic carbocycles. The molecule has 3 heterocycles. The van der Waals surface area contributed by atoms with Crippen LogP contribution in [0.5, 0.6) is 0 Å². The summed E-state index contributed by atoms with van der Waals surface area (Å²) in [7, 11) is 0. The standard InChI is InChI=1S/C27H21Cl2N7O2/c1-16-31-14-17(33-16)15-32-27(38)24-13-25(36(35-24)18-7-3-2-4-8-18)34-26(37)20-11-19(21(28)12-22(20)29)23-9-5-6-10-30-23/h2-14H,15H2,1H3,(H,31,33)(H,32,38)(H,34,37). The second kappa shape index (κ2) is 10.9. The minimum atomic E-state index is -0.499. The number of benzene rings is 2. The van der Waals surface area contributed by atoms with E-state index in [0.29, 0.717) is 22.0 Å². The number of aromatic amines is 1. The van der Waals surface area contributed by atoms with Crippen molar-refractivity contribution in [2.75, 3.05) is 5.32 Å². The molecule has 0 aliphatic rings. The Hall–Kier alpha value is -4.47. The van der Waals surface area contributed by atoms with Crippen LogP contribution >= 0.6 is 23.2 Å². The van der Waals surface area contributed by atoms with Crippen molar-refractivity contribution >= 4 is 40.8 Å². The Kier molecular flexibility index (Phi) is 7.21. The van der Waals surface area contributed by atoms with Crippen LogP contribution in [0.1, 0.15) is 32.4 Å². The van der Waals surface area contributed by atoms with Crippen molar-refractivity contribution < 1.29 is 9.59 Å². The van der Waals surface area contributed by atoms with Gasteiger partial charge >= 0.3 is 0 Å². The van der Waals surface area contributed by atoms with Crippen molar-refractivity contribution in [2.45, 2.75) is 13.5 Å². The van der Waals surface area contributed by atoms with Gasteiger partial charge < -0.3 is 15.6 Å². The van der Waals surface area contributed by atoms with Gasteiger partial charge in [-0.15, -0.1) is 0 Å². The number of H-pyrrole nitrogens is 1. The number of para-hydroxylation sites is 1. The minimum Gasteiger partial charge on any atom is -0.345 e. The largest absolute Gasteiger partial charge is 0.345 e. The normalized spacial score (nSPS) is 10.8. The van der Waals surface area contributed by atoms with Gasteiger partial charge in [0.1, 0.15) is 11.6 Å². The fourth-order valence-electron chi connectivity index (χ4n) is 3.80. The Morgan fingerprint density at radius 1 is 0.947 bits per heavy atom. The first kappa shape index (κ1) is 25.2.